The number of anilines is 1. The number of nitrogens with one attached hydrogen (secondary N) is 3. The van der Waals surface area contributed by atoms with Gasteiger partial charge in [0.2, 0.25) is 5.88 Å². The average Bonchev–Trinajstić information content (AvgIpc) is 3.89. The summed E-state index contributed by atoms with van der Waals surface area (Å²) in [6, 6.07) is 15.0. The number of hydrogen-bond acceptors (Lipinski definition) is 11. The third-order valence-electron chi connectivity index (χ3n) is 12.9. The molecule has 2 aromatic carbocycles. The molecule has 3 aromatic rings. The third kappa shape index (κ3) is 10.6. The van der Waals surface area contributed by atoms with E-state index in [0.29, 0.717) is 18.7 Å². The molecule has 17 heteroatoms. The van der Waals surface area contributed by atoms with Crippen LogP contribution in [-0.2, 0) is 10.0 Å². The maximum Gasteiger partial charge on any atom is 0.268 e. The first-order valence-electron chi connectivity index (χ1n) is 21.3. The number of likely N-dealkylation sites (tertiary alicyclic amines) is 1. The van der Waals surface area contributed by atoms with Gasteiger partial charge in [-0.2, -0.15) is 0 Å². The number of carbonyl (C=O) groups is 1. The summed E-state index contributed by atoms with van der Waals surface area (Å²) in [6.07, 6.45) is 4.52. The number of ether oxygens (including phenoxy) is 2. The molecule has 0 spiro atoms. The Bertz CT molecular complexity index is 2210. The number of benzene rings is 2. The van der Waals surface area contributed by atoms with E-state index in [0.717, 1.165) is 101 Å². The number of hydrazine groups is 1. The summed E-state index contributed by atoms with van der Waals surface area (Å²) in [5, 5.41) is 0.658. The number of amides is 1. The second kappa shape index (κ2) is 18.6. The second-order valence-corrected chi connectivity index (χ2v) is 20.4. The Morgan fingerprint density at radius 2 is 1.79 bits per heavy atom. The third-order valence-corrected chi connectivity index (χ3v) is 14.7. The number of rotatable bonds is 13. The summed E-state index contributed by atoms with van der Waals surface area (Å²) >= 11 is 12.7. The van der Waals surface area contributed by atoms with Gasteiger partial charge in [0.1, 0.15) is 27.9 Å². The largest absolute Gasteiger partial charge is 0.489 e. The number of aromatic nitrogens is 1. The summed E-state index contributed by atoms with van der Waals surface area (Å²) in [6.45, 7) is 9.96. The molecule has 5 aliphatic rings. The van der Waals surface area contributed by atoms with Crippen LogP contribution in [-0.4, -0.2) is 113 Å². The smallest absolute Gasteiger partial charge is 0.268 e. The summed E-state index contributed by atoms with van der Waals surface area (Å²) in [5.74, 6) is -0.348. The van der Waals surface area contributed by atoms with E-state index in [4.69, 9.17) is 32.7 Å². The molecular weight excluding hydrogens is 847 g/mol. The lowest BCUT2D eigenvalue weighted by molar-refractivity contribution is 0.0875. The first-order chi connectivity index (χ1) is 29.2. The van der Waals surface area contributed by atoms with Crippen LogP contribution in [0, 0.1) is 11.3 Å². The second-order valence-electron chi connectivity index (χ2n) is 17.8. The Labute approximate surface area is 367 Å². The van der Waals surface area contributed by atoms with Crippen molar-refractivity contribution >= 4 is 50.4 Å². The van der Waals surface area contributed by atoms with Crippen molar-refractivity contribution in [3.05, 3.63) is 81.5 Å². The number of hydrogen-bond donors (Lipinski definition) is 3. The lowest BCUT2D eigenvalue weighted by atomic mass is 9.72. The number of piperazine rings is 1. The first kappa shape index (κ1) is 44.1. The number of nitrogens with zero attached hydrogens (tertiary/aromatic N) is 4. The quantitative estimate of drug-likeness (QED) is 0.164. The van der Waals surface area contributed by atoms with Gasteiger partial charge in [0, 0.05) is 81.1 Å². The molecule has 4 fully saturated rings. The number of sulfonamides is 1. The van der Waals surface area contributed by atoms with Crippen LogP contribution in [0.5, 0.6) is 11.6 Å². The van der Waals surface area contributed by atoms with E-state index >= 15 is 0 Å². The molecule has 1 amide bonds. The summed E-state index contributed by atoms with van der Waals surface area (Å²) in [5.41, 5.74) is 12.0. The van der Waals surface area contributed by atoms with Crippen molar-refractivity contribution in [3.8, 4) is 11.6 Å². The number of halogens is 4. The summed E-state index contributed by atoms with van der Waals surface area (Å²) < 4.78 is 67.7. The monoisotopic (exact) mass is 901 g/mol. The van der Waals surface area contributed by atoms with Crippen molar-refractivity contribution in [1.82, 2.24) is 30.4 Å². The lowest BCUT2D eigenvalue weighted by Gasteiger charge is -2.39. The normalized spacial score (nSPS) is 24.9. The fourth-order valence-corrected chi connectivity index (χ4v) is 10.8. The molecule has 3 saturated heterocycles. The molecule has 0 radical (unpaired) electrons. The molecule has 8 rings (SSSR count). The highest BCUT2D eigenvalue weighted by Crippen LogP contribution is 2.43. The fraction of sp³-hybridized carbons (Fsp3) is 0.545. The van der Waals surface area contributed by atoms with Gasteiger partial charge in [-0.15, -0.1) is 0 Å². The number of pyridine rings is 1. The minimum absolute atomic E-state index is 0.0116. The molecule has 3 aliphatic heterocycles. The molecule has 1 saturated carbocycles. The lowest BCUT2D eigenvalue weighted by Crippen LogP contribution is -2.47. The van der Waals surface area contributed by atoms with Crippen LogP contribution in [0.1, 0.15) is 74.7 Å². The van der Waals surface area contributed by atoms with E-state index in [1.165, 1.54) is 16.7 Å². The van der Waals surface area contributed by atoms with Crippen molar-refractivity contribution in [2.24, 2.45) is 11.3 Å². The average molecular weight is 903 g/mol. The number of carbonyl (C=O) groups excluding carboxylic acids is 1. The van der Waals surface area contributed by atoms with Gasteiger partial charge in [-0.25, -0.2) is 26.9 Å². The molecule has 4 atom stereocenters. The number of allylic oxidation sites excluding steroid dienone is 1. The molecule has 330 valence electrons. The first-order valence-corrected chi connectivity index (χ1v) is 23.6. The molecule has 61 heavy (non-hydrogen) atoms. The highest BCUT2D eigenvalue weighted by atomic mass is 35.5. The Hall–Kier alpha value is -3.57. The van der Waals surface area contributed by atoms with Gasteiger partial charge in [-0.1, -0.05) is 54.8 Å². The van der Waals surface area contributed by atoms with Gasteiger partial charge in [0.05, 0.1) is 18.3 Å². The van der Waals surface area contributed by atoms with Gasteiger partial charge in [-0.05, 0) is 91.8 Å². The zero-order valence-electron chi connectivity index (χ0n) is 34.6. The van der Waals surface area contributed by atoms with E-state index in [2.05, 4.69) is 56.3 Å². The van der Waals surface area contributed by atoms with E-state index in [1.54, 1.807) is 11.0 Å². The molecule has 3 N–H and O–H groups in total. The SMILES string of the molecule is CC1(C)CCC(CN2CCN(c3ccc(C(=O)NS(=O)(=O)c4cnc(O[C@@H]5CCN(CC(F)F)C5)c(Cl)c4)c(OC4CCCC5NNCC54)c3)CC2)=C(c2ccc(Cl)cc2)C1. The molecule has 0 bridgehead atoms. The maximum atomic E-state index is 14.0. The van der Waals surface area contributed by atoms with Crippen molar-refractivity contribution < 1.29 is 31.5 Å². The van der Waals surface area contributed by atoms with E-state index in [1.807, 2.05) is 24.3 Å². The predicted molar refractivity (Wildman–Crippen MR) is 233 cm³/mol. The Kier molecular flexibility index (Phi) is 13.5. The number of alkyl halides is 2. The van der Waals surface area contributed by atoms with Crippen molar-refractivity contribution in [2.75, 3.05) is 63.8 Å². The van der Waals surface area contributed by atoms with Crippen molar-refractivity contribution in [3.63, 3.8) is 0 Å². The highest BCUT2D eigenvalue weighted by Gasteiger charge is 2.39. The van der Waals surface area contributed by atoms with Gasteiger partial charge >= 0.3 is 0 Å². The Morgan fingerprint density at radius 3 is 2.54 bits per heavy atom. The Balaban J connectivity index is 0.968. The molecule has 3 unspecified atom stereocenters. The molecule has 4 heterocycles. The Morgan fingerprint density at radius 1 is 1.00 bits per heavy atom. The van der Waals surface area contributed by atoms with Gasteiger partial charge in [0.25, 0.3) is 22.4 Å². The minimum atomic E-state index is -4.43. The zero-order chi connectivity index (χ0) is 42.9. The van der Waals surface area contributed by atoms with Crippen molar-refractivity contribution in [1.29, 1.82) is 0 Å². The molecule has 12 nitrogen and oxygen atoms in total. The van der Waals surface area contributed by atoms with Crippen LogP contribution in [0.15, 0.2) is 65.2 Å². The van der Waals surface area contributed by atoms with Crippen LogP contribution >= 0.6 is 23.2 Å². The fourth-order valence-electron chi connectivity index (χ4n) is 9.48. The number of fused-ring (bicyclic) bond motifs is 1. The predicted octanol–water partition coefficient (Wildman–Crippen LogP) is 7.04. The van der Waals surface area contributed by atoms with Crippen LogP contribution in [0.2, 0.25) is 10.0 Å². The molecule has 1 aromatic heterocycles. The highest BCUT2D eigenvalue weighted by molar-refractivity contribution is 7.90. The topological polar surface area (TPSA) is 128 Å². The molecular formula is C44H55Cl2F2N7O5S. The van der Waals surface area contributed by atoms with Gasteiger partial charge in [0.15, 0.2) is 0 Å². The van der Waals surface area contributed by atoms with Gasteiger partial charge < -0.3 is 14.4 Å². The van der Waals surface area contributed by atoms with Gasteiger partial charge in [-0.3, -0.25) is 25.4 Å². The van der Waals surface area contributed by atoms with Crippen LogP contribution in [0.25, 0.3) is 5.57 Å². The summed E-state index contributed by atoms with van der Waals surface area (Å²) in [4.78, 5) is 24.2. The van der Waals surface area contributed by atoms with Crippen LogP contribution in [0.4, 0.5) is 14.5 Å². The standard InChI is InChI=1S/C44H55Cl2F2N7O5S/c1-44(2)14-12-29(35(22-44)28-6-8-30(45)9-7-28)25-53-16-18-55(19-17-53)31-10-11-34(40(20-31)60-39-5-3-4-38-36(39)24-50-51-38)42(56)52-61(57,58)33-21-37(46)43(49-23-33)59-32-13-15-54(26-32)27-41(47)48/h6-11,20-21,23,32,36,38-39,41,50-51H,3-5,12-19,22,24-27H2,1-2H3,(H,52,56)/t32-,36?,38?,39?/m1/s1. The molecule has 2 aliphatic carbocycles. The summed E-state index contributed by atoms with van der Waals surface area (Å²) in [7, 11) is -4.43. The zero-order valence-corrected chi connectivity index (χ0v) is 37.0. The van der Waals surface area contributed by atoms with Crippen LogP contribution < -0.4 is 29.9 Å². The van der Waals surface area contributed by atoms with E-state index in [9.17, 15) is 22.0 Å². The van der Waals surface area contributed by atoms with Crippen molar-refractivity contribution in [2.45, 2.75) is 88.4 Å². The minimum Gasteiger partial charge on any atom is -0.489 e. The van der Waals surface area contributed by atoms with E-state index in [-0.39, 0.29) is 57.9 Å². The maximum absolute atomic E-state index is 14.0. The van der Waals surface area contributed by atoms with E-state index < -0.39 is 28.5 Å². The van der Waals surface area contributed by atoms with Crippen LogP contribution in [0.3, 0.4) is 0 Å².